The van der Waals surface area contributed by atoms with Gasteiger partial charge in [-0.15, -0.1) is 0 Å². The van der Waals surface area contributed by atoms with Crippen LogP contribution in [0.1, 0.15) is 5.56 Å². The van der Waals surface area contributed by atoms with Crippen LogP contribution in [0.25, 0.3) is 0 Å². The molecule has 0 aromatic heterocycles. The molecule has 2 aromatic carbocycles. The van der Waals surface area contributed by atoms with Crippen LogP contribution >= 0.6 is 11.6 Å². The zero-order valence-electron chi connectivity index (χ0n) is 11.9. The number of aliphatic hydroxyl groups excluding tert-OH is 1. The lowest BCUT2D eigenvalue weighted by Gasteiger charge is -2.38. The highest BCUT2D eigenvalue weighted by Gasteiger charge is 2.21. The quantitative estimate of drug-likeness (QED) is 0.943. The molecule has 2 aromatic rings. The van der Waals surface area contributed by atoms with E-state index in [4.69, 9.17) is 11.6 Å². The van der Waals surface area contributed by atoms with Crippen molar-refractivity contribution < 1.29 is 5.11 Å². The number of hydrogen-bond donors (Lipinski definition) is 1. The van der Waals surface area contributed by atoms with Crippen LogP contribution in [0.2, 0.25) is 5.02 Å². The maximum atomic E-state index is 9.51. The summed E-state index contributed by atoms with van der Waals surface area (Å²) in [4.78, 5) is 4.65. The summed E-state index contributed by atoms with van der Waals surface area (Å²) in [6, 6.07) is 16.2. The Morgan fingerprint density at radius 2 is 1.52 bits per heavy atom. The summed E-state index contributed by atoms with van der Waals surface area (Å²) < 4.78 is 0. The summed E-state index contributed by atoms with van der Waals surface area (Å²) in [7, 11) is 0. The van der Waals surface area contributed by atoms with E-state index >= 15 is 0 Å². The Bertz CT molecular complexity index is 595. The van der Waals surface area contributed by atoms with Gasteiger partial charge in [0.15, 0.2) is 0 Å². The van der Waals surface area contributed by atoms with Crippen LogP contribution in [-0.4, -0.2) is 31.3 Å². The highest BCUT2D eigenvalue weighted by atomic mass is 35.5. The minimum atomic E-state index is 0.0226. The summed E-state index contributed by atoms with van der Waals surface area (Å²) in [6.45, 7) is 3.76. The summed E-state index contributed by atoms with van der Waals surface area (Å²) >= 11 is 6.33. The van der Waals surface area contributed by atoms with E-state index < -0.39 is 0 Å². The van der Waals surface area contributed by atoms with E-state index in [2.05, 4.69) is 34.1 Å². The zero-order chi connectivity index (χ0) is 14.7. The number of nitrogens with zero attached hydrogens (tertiary/aromatic N) is 2. The molecular weight excluding hydrogens is 284 g/mol. The predicted molar refractivity (Wildman–Crippen MR) is 88.2 cm³/mol. The molecule has 0 unspecified atom stereocenters. The average molecular weight is 303 g/mol. The van der Waals surface area contributed by atoms with Crippen molar-refractivity contribution in [1.82, 2.24) is 0 Å². The van der Waals surface area contributed by atoms with Crippen molar-refractivity contribution >= 4 is 23.0 Å². The molecule has 21 heavy (non-hydrogen) atoms. The number of aliphatic hydroxyl groups is 1. The van der Waals surface area contributed by atoms with Gasteiger partial charge in [-0.3, -0.25) is 0 Å². The van der Waals surface area contributed by atoms with Crippen molar-refractivity contribution in [2.45, 2.75) is 6.61 Å². The third kappa shape index (κ3) is 2.99. The Morgan fingerprint density at radius 3 is 2.19 bits per heavy atom. The fourth-order valence-corrected chi connectivity index (χ4v) is 3.18. The molecule has 1 saturated heterocycles. The SMILES string of the molecule is OCc1cccc(Cl)c1N1CCN(c2ccccc2)CC1. The van der Waals surface area contributed by atoms with Crippen molar-refractivity contribution in [3.05, 3.63) is 59.1 Å². The smallest absolute Gasteiger partial charge is 0.0702 e. The Kier molecular flexibility index (Phi) is 4.32. The molecule has 0 atom stereocenters. The molecule has 1 aliphatic heterocycles. The van der Waals surface area contributed by atoms with Gasteiger partial charge in [0.05, 0.1) is 17.3 Å². The van der Waals surface area contributed by atoms with Gasteiger partial charge in [0.2, 0.25) is 0 Å². The van der Waals surface area contributed by atoms with Crippen molar-refractivity contribution in [1.29, 1.82) is 0 Å². The van der Waals surface area contributed by atoms with Gasteiger partial charge in [0, 0.05) is 37.4 Å². The van der Waals surface area contributed by atoms with Gasteiger partial charge < -0.3 is 14.9 Å². The standard InChI is InChI=1S/C17H19ClN2O/c18-16-8-4-5-14(13-21)17(16)20-11-9-19(10-12-20)15-6-2-1-3-7-15/h1-8,21H,9-13H2. The monoisotopic (exact) mass is 302 g/mol. The van der Waals surface area contributed by atoms with Crippen LogP contribution in [0.3, 0.4) is 0 Å². The van der Waals surface area contributed by atoms with Gasteiger partial charge in [-0.1, -0.05) is 41.9 Å². The summed E-state index contributed by atoms with van der Waals surface area (Å²) in [5.41, 5.74) is 3.14. The Labute approximate surface area is 130 Å². The molecule has 1 heterocycles. The van der Waals surface area contributed by atoms with Crippen LogP contribution in [-0.2, 0) is 6.61 Å². The number of halogens is 1. The van der Waals surface area contributed by atoms with E-state index in [1.165, 1.54) is 5.69 Å². The first-order chi connectivity index (χ1) is 10.3. The largest absolute Gasteiger partial charge is 0.392 e. The molecule has 110 valence electrons. The molecule has 1 fully saturated rings. The number of benzene rings is 2. The van der Waals surface area contributed by atoms with Gasteiger partial charge in [-0.2, -0.15) is 0 Å². The van der Waals surface area contributed by atoms with Gasteiger partial charge in [-0.05, 0) is 18.2 Å². The maximum Gasteiger partial charge on any atom is 0.0702 e. The molecule has 0 bridgehead atoms. The Hall–Kier alpha value is -1.71. The molecule has 1 aliphatic rings. The highest BCUT2D eigenvalue weighted by Crippen LogP contribution is 2.31. The van der Waals surface area contributed by atoms with Crippen LogP contribution in [0.15, 0.2) is 48.5 Å². The normalized spacial score (nSPS) is 15.3. The molecular formula is C17H19ClN2O. The fourth-order valence-electron chi connectivity index (χ4n) is 2.87. The third-order valence-electron chi connectivity index (χ3n) is 3.96. The molecule has 4 heteroatoms. The van der Waals surface area contributed by atoms with Crippen LogP contribution in [0, 0.1) is 0 Å². The average Bonchev–Trinajstić information content (AvgIpc) is 2.55. The van der Waals surface area contributed by atoms with Crippen molar-refractivity contribution in [2.75, 3.05) is 36.0 Å². The number of hydrogen-bond acceptors (Lipinski definition) is 3. The minimum Gasteiger partial charge on any atom is -0.392 e. The number of piperazine rings is 1. The number of para-hydroxylation sites is 2. The molecule has 3 rings (SSSR count). The van der Waals surface area contributed by atoms with E-state index in [0.29, 0.717) is 0 Å². The second-order valence-corrected chi connectivity index (χ2v) is 5.62. The third-order valence-corrected chi connectivity index (χ3v) is 4.26. The number of rotatable bonds is 3. The first-order valence-corrected chi connectivity index (χ1v) is 7.60. The minimum absolute atomic E-state index is 0.0226. The molecule has 0 amide bonds. The van der Waals surface area contributed by atoms with Crippen LogP contribution in [0.5, 0.6) is 0 Å². The molecule has 0 saturated carbocycles. The van der Waals surface area contributed by atoms with E-state index in [1.807, 2.05) is 24.3 Å². The van der Waals surface area contributed by atoms with E-state index in [0.717, 1.165) is 42.5 Å². The molecule has 0 radical (unpaired) electrons. The van der Waals surface area contributed by atoms with Gasteiger partial charge in [0.1, 0.15) is 0 Å². The molecule has 3 nitrogen and oxygen atoms in total. The summed E-state index contributed by atoms with van der Waals surface area (Å²) in [5, 5.41) is 10.2. The van der Waals surface area contributed by atoms with E-state index in [1.54, 1.807) is 0 Å². The highest BCUT2D eigenvalue weighted by molar-refractivity contribution is 6.33. The van der Waals surface area contributed by atoms with Gasteiger partial charge in [-0.25, -0.2) is 0 Å². The van der Waals surface area contributed by atoms with Gasteiger partial charge in [0.25, 0.3) is 0 Å². The van der Waals surface area contributed by atoms with Crippen molar-refractivity contribution in [3.8, 4) is 0 Å². The topological polar surface area (TPSA) is 26.7 Å². The molecule has 0 aliphatic carbocycles. The summed E-state index contributed by atoms with van der Waals surface area (Å²) in [5.74, 6) is 0. The Morgan fingerprint density at radius 1 is 0.857 bits per heavy atom. The first-order valence-electron chi connectivity index (χ1n) is 7.23. The lowest BCUT2D eigenvalue weighted by Crippen LogP contribution is -2.47. The van der Waals surface area contributed by atoms with Crippen LogP contribution < -0.4 is 9.80 Å². The van der Waals surface area contributed by atoms with Crippen LogP contribution in [0.4, 0.5) is 11.4 Å². The lowest BCUT2D eigenvalue weighted by molar-refractivity contribution is 0.282. The van der Waals surface area contributed by atoms with Gasteiger partial charge >= 0.3 is 0 Å². The predicted octanol–water partition coefficient (Wildman–Crippen LogP) is 3.16. The molecule has 1 N–H and O–H groups in total. The fraction of sp³-hybridized carbons (Fsp3) is 0.294. The molecule has 0 spiro atoms. The first kappa shape index (κ1) is 14.2. The second-order valence-electron chi connectivity index (χ2n) is 5.22. The lowest BCUT2D eigenvalue weighted by atomic mass is 10.1. The van der Waals surface area contributed by atoms with Crippen molar-refractivity contribution in [3.63, 3.8) is 0 Å². The van der Waals surface area contributed by atoms with E-state index in [-0.39, 0.29) is 6.61 Å². The van der Waals surface area contributed by atoms with E-state index in [9.17, 15) is 5.11 Å². The zero-order valence-corrected chi connectivity index (χ0v) is 12.6. The van der Waals surface area contributed by atoms with Crippen molar-refractivity contribution in [2.24, 2.45) is 0 Å². The Balaban J connectivity index is 1.75. The number of anilines is 2. The second kappa shape index (κ2) is 6.37. The maximum absolute atomic E-state index is 9.51. The summed E-state index contributed by atoms with van der Waals surface area (Å²) in [6.07, 6.45) is 0.